The quantitative estimate of drug-likeness (QED) is 0.443. The fourth-order valence-corrected chi connectivity index (χ4v) is 6.05. The van der Waals surface area contributed by atoms with Gasteiger partial charge in [0.2, 0.25) is 0 Å². The Balaban J connectivity index is 1.61. The van der Waals surface area contributed by atoms with Crippen molar-refractivity contribution in [2.45, 2.75) is 51.4 Å². The Morgan fingerprint density at radius 1 is 1.13 bits per heavy atom. The van der Waals surface area contributed by atoms with Gasteiger partial charge in [0, 0.05) is 40.4 Å². The van der Waals surface area contributed by atoms with Crippen molar-refractivity contribution in [3.63, 3.8) is 0 Å². The molecule has 0 spiro atoms. The number of rotatable bonds is 2. The summed E-state index contributed by atoms with van der Waals surface area (Å²) in [6.07, 6.45) is 8.73. The molecule has 0 fully saturated rings. The van der Waals surface area contributed by atoms with E-state index in [4.69, 9.17) is 9.62 Å². The maximum Gasteiger partial charge on any atom is 0.143 e. The summed E-state index contributed by atoms with van der Waals surface area (Å²) >= 11 is 0. The number of benzene rings is 1. The average molecular weight is 411 g/mol. The number of aromatic nitrogens is 4. The van der Waals surface area contributed by atoms with Crippen molar-refractivity contribution < 1.29 is 4.52 Å². The van der Waals surface area contributed by atoms with Crippen LogP contribution in [-0.4, -0.2) is 19.9 Å². The molecule has 31 heavy (non-hydrogen) atoms. The van der Waals surface area contributed by atoms with Crippen LogP contribution in [0.1, 0.15) is 54.3 Å². The zero-order valence-electron chi connectivity index (χ0n) is 18.2. The van der Waals surface area contributed by atoms with Gasteiger partial charge in [0.25, 0.3) is 0 Å². The predicted molar refractivity (Wildman–Crippen MR) is 119 cm³/mol. The number of nitrogens with zero attached hydrogens (tertiary/aromatic N) is 4. The second kappa shape index (κ2) is 6.64. The predicted octanol–water partition coefficient (Wildman–Crippen LogP) is 5.41. The summed E-state index contributed by atoms with van der Waals surface area (Å²) in [7, 11) is 0. The minimum absolute atomic E-state index is 0.0378. The first-order valence-electron chi connectivity index (χ1n) is 11.1. The highest BCUT2D eigenvalue weighted by molar-refractivity contribution is 5.66. The Morgan fingerprint density at radius 3 is 2.74 bits per heavy atom. The number of fused-ring (bicyclic) bond motifs is 4. The van der Waals surface area contributed by atoms with Gasteiger partial charge in [-0.3, -0.25) is 4.98 Å². The van der Waals surface area contributed by atoms with Crippen LogP contribution in [0.15, 0.2) is 59.5 Å². The summed E-state index contributed by atoms with van der Waals surface area (Å²) < 4.78 is 7.87. The Kier molecular flexibility index (Phi) is 3.98. The van der Waals surface area contributed by atoms with Gasteiger partial charge in [-0.15, -0.1) is 0 Å². The molecule has 5 nitrogen and oxygen atoms in total. The maximum absolute atomic E-state index is 5.67. The third-order valence-electron chi connectivity index (χ3n) is 7.51. The van der Waals surface area contributed by atoms with Crippen LogP contribution in [0.25, 0.3) is 16.9 Å². The Morgan fingerprint density at radius 2 is 1.97 bits per heavy atom. The lowest BCUT2D eigenvalue weighted by Crippen LogP contribution is -2.45. The summed E-state index contributed by atoms with van der Waals surface area (Å²) in [5, 5.41) is 9.34. The lowest BCUT2D eigenvalue weighted by Gasteiger charge is -2.47. The molecule has 0 saturated heterocycles. The van der Waals surface area contributed by atoms with Crippen molar-refractivity contribution in [1.29, 1.82) is 0 Å². The lowest BCUT2D eigenvalue weighted by molar-refractivity contribution is 0.170. The van der Waals surface area contributed by atoms with Gasteiger partial charge in [0.05, 0.1) is 23.3 Å². The molecule has 3 atom stereocenters. The molecule has 0 saturated carbocycles. The highest BCUT2D eigenvalue weighted by Gasteiger charge is 2.51. The number of hydrogen-bond acceptors (Lipinski definition) is 4. The van der Waals surface area contributed by atoms with Gasteiger partial charge in [0.15, 0.2) is 0 Å². The van der Waals surface area contributed by atoms with Crippen molar-refractivity contribution >= 4 is 0 Å². The van der Waals surface area contributed by atoms with Crippen LogP contribution >= 0.6 is 0 Å². The Bertz CT molecular complexity index is 1250. The largest absolute Gasteiger partial charge is 0.361 e. The minimum atomic E-state index is -0.0378. The molecule has 0 aliphatic heterocycles. The summed E-state index contributed by atoms with van der Waals surface area (Å²) in [5.41, 5.74) is 8.41. The van der Waals surface area contributed by atoms with Crippen LogP contribution in [0.3, 0.4) is 0 Å². The van der Waals surface area contributed by atoms with E-state index in [-0.39, 0.29) is 5.41 Å². The molecule has 0 unspecified atom stereocenters. The summed E-state index contributed by atoms with van der Waals surface area (Å²) in [5.74, 6) is 1.90. The van der Waals surface area contributed by atoms with E-state index < -0.39 is 0 Å². The summed E-state index contributed by atoms with van der Waals surface area (Å²) in [6.45, 7) is 6.84. The summed E-state index contributed by atoms with van der Waals surface area (Å²) in [4.78, 5) is 4.37. The van der Waals surface area contributed by atoms with Gasteiger partial charge in [0.1, 0.15) is 5.76 Å². The van der Waals surface area contributed by atoms with Gasteiger partial charge in [-0.25, -0.2) is 4.68 Å². The third kappa shape index (κ3) is 2.65. The van der Waals surface area contributed by atoms with Crippen molar-refractivity contribution in [3.05, 3.63) is 83.1 Å². The molecule has 1 aromatic carbocycles. The molecule has 3 aromatic heterocycles. The first-order chi connectivity index (χ1) is 15.1. The molecule has 6 rings (SSSR count). The van der Waals surface area contributed by atoms with Crippen LogP contribution in [0.5, 0.6) is 0 Å². The van der Waals surface area contributed by atoms with Crippen LogP contribution < -0.4 is 0 Å². The molecule has 5 heteroatoms. The molecular formula is C26H26N4O. The van der Waals surface area contributed by atoms with Gasteiger partial charge >= 0.3 is 0 Å². The molecule has 2 aliphatic carbocycles. The van der Waals surface area contributed by atoms with Crippen LogP contribution in [0, 0.1) is 12.8 Å². The number of pyridine rings is 1. The summed E-state index contributed by atoms with van der Waals surface area (Å²) in [6, 6.07) is 12.8. The van der Waals surface area contributed by atoms with E-state index in [2.05, 4.69) is 65.9 Å². The number of hydrogen-bond donors (Lipinski definition) is 0. The zero-order valence-corrected chi connectivity index (χ0v) is 18.2. The number of aryl methyl sites for hydroxylation is 1. The fraction of sp³-hybridized carbons (Fsp3) is 0.346. The first-order valence-corrected chi connectivity index (χ1v) is 11.1. The van der Waals surface area contributed by atoms with Crippen LogP contribution in [0.4, 0.5) is 0 Å². The normalized spacial score (nSPS) is 24.4. The van der Waals surface area contributed by atoms with E-state index in [1.807, 2.05) is 24.7 Å². The van der Waals surface area contributed by atoms with E-state index in [1.165, 1.54) is 22.4 Å². The monoisotopic (exact) mass is 410 g/mol. The van der Waals surface area contributed by atoms with Crippen molar-refractivity contribution in [1.82, 2.24) is 19.9 Å². The third-order valence-corrected chi connectivity index (χ3v) is 7.51. The maximum atomic E-state index is 5.67. The highest BCUT2D eigenvalue weighted by Crippen LogP contribution is 2.55. The Hall–Kier alpha value is -3.21. The molecule has 0 bridgehead atoms. The smallest absolute Gasteiger partial charge is 0.143 e. The van der Waals surface area contributed by atoms with E-state index in [0.717, 1.165) is 42.0 Å². The van der Waals surface area contributed by atoms with E-state index in [9.17, 15) is 0 Å². The molecule has 0 amide bonds. The highest BCUT2D eigenvalue weighted by atomic mass is 16.5. The van der Waals surface area contributed by atoms with E-state index in [0.29, 0.717) is 11.8 Å². The molecule has 0 N–H and O–H groups in total. The zero-order chi connectivity index (χ0) is 21.2. The van der Waals surface area contributed by atoms with E-state index in [1.54, 1.807) is 0 Å². The van der Waals surface area contributed by atoms with Crippen molar-refractivity contribution in [2.24, 2.45) is 5.92 Å². The fourth-order valence-electron chi connectivity index (χ4n) is 6.05. The molecule has 3 heterocycles. The lowest BCUT2D eigenvalue weighted by atomic mass is 9.56. The van der Waals surface area contributed by atoms with Crippen molar-refractivity contribution in [2.75, 3.05) is 0 Å². The van der Waals surface area contributed by atoms with E-state index >= 15 is 0 Å². The van der Waals surface area contributed by atoms with Crippen molar-refractivity contribution in [3.8, 4) is 16.9 Å². The van der Waals surface area contributed by atoms with Gasteiger partial charge in [-0.2, -0.15) is 5.10 Å². The SMILES string of the molecule is Cc1ccc(-n2nc(-c3cccnc3)c3c2[C@]2(C)Cc4cnoc4[C@H](C)[C@H]2CC3)cc1. The molecule has 156 valence electrons. The first kappa shape index (κ1) is 18.6. The molecule has 2 aliphatic rings. The Labute approximate surface area is 182 Å². The minimum Gasteiger partial charge on any atom is -0.361 e. The van der Waals surface area contributed by atoms with Gasteiger partial charge in [-0.05, 0) is 56.4 Å². The molecule has 0 radical (unpaired) electrons. The van der Waals surface area contributed by atoms with Gasteiger partial charge in [-0.1, -0.05) is 36.7 Å². The second-order valence-corrected chi connectivity index (χ2v) is 9.41. The van der Waals surface area contributed by atoms with Gasteiger partial charge < -0.3 is 4.52 Å². The average Bonchev–Trinajstić information content (AvgIpc) is 3.40. The molecular weight excluding hydrogens is 384 g/mol. The standard InChI is InChI=1S/C26H26N4O/c1-16-6-8-20(9-7-16)30-25-21(23(29-30)18-5-4-12-27-14-18)10-11-22-17(2)24-19(15-28-31-24)13-26(22,25)3/h4-9,12,14-15,17,22H,10-11,13H2,1-3H3/t17-,22-,26-/m1/s1. The molecule has 4 aromatic rings. The topological polar surface area (TPSA) is 56.7 Å². The van der Waals surface area contributed by atoms with Crippen LogP contribution in [0.2, 0.25) is 0 Å². The van der Waals surface area contributed by atoms with Crippen LogP contribution in [-0.2, 0) is 18.3 Å². The second-order valence-electron chi connectivity index (χ2n) is 9.41.